The van der Waals surface area contributed by atoms with E-state index in [1.165, 1.54) is 13.8 Å². The van der Waals surface area contributed by atoms with Gasteiger partial charge in [-0.25, -0.2) is 0 Å². The Balaban J connectivity index is 1.44. The van der Waals surface area contributed by atoms with Gasteiger partial charge in [-0.3, -0.25) is 19.2 Å². The summed E-state index contributed by atoms with van der Waals surface area (Å²) in [5, 5.41) is 4.49. The molecular weight excluding hydrogens is 698 g/mol. The molecule has 2 aliphatic heterocycles. The fourth-order valence-corrected chi connectivity index (χ4v) is 6.34. The quantitative estimate of drug-likeness (QED) is 0.0902. The van der Waals surface area contributed by atoms with Crippen LogP contribution in [0.3, 0.4) is 0 Å². The summed E-state index contributed by atoms with van der Waals surface area (Å²) in [4.78, 5) is 54.3. The lowest BCUT2D eigenvalue weighted by atomic mass is 9.83. The fraction of sp³-hybridized carbons (Fsp3) is 0.395. The first-order valence-corrected chi connectivity index (χ1v) is 16.9. The average Bonchev–Trinajstić information content (AvgIpc) is 3.46. The highest BCUT2D eigenvalue weighted by atomic mass is 35.5. The maximum atomic E-state index is 12.5. The van der Waals surface area contributed by atoms with Gasteiger partial charge in [0.15, 0.2) is 17.8 Å². The minimum absolute atomic E-state index is 0.281. The van der Waals surface area contributed by atoms with Crippen LogP contribution in [0.2, 0.25) is 5.02 Å². The molecule has 0 saturated carbocycles. The second kappa shape index (κ2) is 16.1. The van der Waals surface area contributed by atoms with Crippen LogP contribution < -0.4 is 4.74 Å². The molecule has 5 atom stereocenters. The Hall–Kier alpha value is -4.98. The van der Waals surface area contributed by atoms with Crippen LogP contribution in [-0.4, -0.2) is 73.3 Å². The van der Waals surface area contributed by atoms with Gasteiger partial charge in [0.25, 0.3) is 0 Å². The number of halogens is 1. The number of carbonyl (C=O) groups is 4. The highest BCUT2D eigenvalue weighted by Gasteiger charge is 2.72. The zero-order valence-electron chi connectivity index (χ0n) is 29.6. The molecule has 0 radical (unpaired) electrons. The van der Waals surface area contributed by atoms with E-state index in [-0.39, 0.29) is 6.61 Å². The number of ether oxygens (including phenoxy) is 7. The number of carbonyl (C=O) groups excluding carboxylic acids is 4. The molecule has 2 saturated heterocycles. The third-order valence-corrected chi connectivity index (χ3v) is 8.76. The van der Waals surface area contributed by atoms with Gasteiger partial charge in [-0.05, 0) is 85.5 Å². The van der Waals surface area contributed by atoms with Crippen molar-refractivity contribution in [2.24, 2.45) is 5.16 Å². The molecule has 14 heteroatoms. The molecule has 0 N–H and O–H groups in total. The van der Waals surface area contributed by atoms with E-state index in [9.17, 15) is 19.2 Å². The molecule has 5 rings (SSSR count). The maximum Gasteiger partial charge on any atom is 0.303 e. The predicted molar refractivity (Wildman–Crippen MR) is 186 cm³/mol. The van der Waals surface area contributed by atoms with Gasteiger partial charge in [0.2, 0.25) is 11.9 Å². The Kier molecular flexibility index (Phi) is 11.9. The van der Waals surface area contributed by atoms with Crippen LogP contribution in [0.4, 0.5) is 0 Å². The molecule has 2 aliphatic rings. The van der Waals surface area contributed by atoms with E-state index in [0.717, 1.165) is 30.7 Å². The Morgan fingerprint density at radius 2 is 1.42 bits per heavy atom. The molecule has 2 fully saturated rings. The molecule has 13 nitrogen and oxygen atoms in total. The number of esters is 4. The summed E-state index contributed by atoms with van der Waals surface area (Å²) in [7, 11) is 0. The van der Waals surface area contributed by atoms with Crippen molar-refractivity contribution < 1.29 is 57.2 Å². The molecule has 0 amide bonds. The first kappa shape index (κ1) is 38.3. The third kappa shape index (κ3) is 8.55. The Labute approximate surface area is 306 Å². The Morgan fingerprint density at radius 1 is 0.808 bits per heavy atom. The minimum atomic E-state index is -1.89. The van der Waals surface area contributed by atoms with Crippen molar-refractivity contribution in [3.8, 4) is 11.5 Å². The lowest BCUT2D eigenvalue weighted by Crippen LogP contribution is -2.68. The van der Waals surface area contributed by atoms with Gasteiger partial charge in [-0.15, -0.1) is 0 Å². The topological polar surface area (TPSA) is 154 Å². The predicted octanol–water partition coefficient (Wildman–Crippen LogP) is 5.79. The van der Waals surface area contributed by atoms with Crippen molar-refractivity contribution in [1.29, 1.82) is 0 Å². The number of hydrogen-bond donors (Lipinski definition) is 0. The van der Waals surface area contributed by atoms with Gasteiger partial charge in [0.1, 0.15) is 24.7 Å². The minimum Gasteiger partial charge on any atom is -0.463 e. The molecule has 2 bridgehead atoms. The zero-order chi connectivity index (χ0) is 37.6. The van der Waals surface area contributed by atoms with Gasteiger partial charge in [-0.2, -0.15) is 0 Å². The van der Waals surface area contributed by atoms with Gasteiger partial charge in [-0.1, -0.05) is 35.0 Å². The van der Waals surface area contributed by atoms with Gasteiger partial charge in [0, 0.05) is 38.3 Å². The lowest BCUT2D eigenvalue weighted by molar-refractivity contribution is -0.334. The van der Waals surface area contributed by atoms with Crippen LogP contribution in [0.5, 0.6) is 11.5 Å². The fourth-order valence-electron chi connectivity index (χ4n) is 6.16. The number of nitrogens with zero attached hydrogens (tertiary/aromatic N) is 1. The number of hydrogen-bond acceptors (Lipinski definition) is 13. The monoisotopic (exact) mass is 737 g/mol. The summed E-state index contributed by atoms with van der Waals surface area (Å²) in [6.07, 6.45) is -3.87. The summed E-state index contributed by atoms with van der Waals surface area (Å²) >= 11 is 6.70. The Morgan fingerprint density at radius 3 is 2.02 bits per heavy atom. The second-order valence-corrected chi connectivity index (χ2v) is 12.8. The molecule has 52 heavy (non-hydrogen) atoms. The molecule has 0 aliphatic carbocycles. The first-order valence-electron chi connectivity index (χ1n) is 16.6. The summed E-state index contributed by atoms with van der Waals surface area (Å²) in [6.45, 7) is 8.22. The normalized spacial score (nSPS) is 23.7. The third-order valence-electron chi connectivity index (χ3n) is 8.39. The van der Waals surface area contributed by atoms with E-state index in [1.54, 1.807) is 18.2 Å². The van der Waals surface area contributed by atoms with Crippen molar-refractivity contribution in [3.05, 3.63) is 94.0 Å². The van der Waals surface area contributed by atoms with E-state index in [1.807, 2.05) is 62.4 Å². The summed E-state index contributed by atoms with van der Waals surface area (Å²) in [5.74, 6) is -3.48. The lowest BCUT2D eigenvalue weighted by Gasteiger charge is -2.49. The van der Waals surface area contributed by atoms with E-state index in [4.69, 9.17) is 49.6 Å². The maximum absolute atomic E-state index is 12.5. The van der Waals surface area contributed by atoms with Crippen LogP contribution in [-0.2, 0) is 64.6 Å². The van der Waals surface area contributed by atoms with Crippen LogP contribution in [0.25, 0.3) is 0 Å². The summed E-state index contributed by atoms with van der Waals surface area (Å²) in [6, 6.07) is 20.0. The van der Waals surface area contributed by atoms with Gasteiger partial charge >= 0.3 is 23.9 Å². The average molecular weight is 738 g/mol. The molecule has 276 valence electrons. The van der Waals surface area contributed by atoms with Crippen LogP contribution in [0.15, 0.2) is 71.9 Å². The van der Waals surface area contributed by atoms with Crippen LogP contribution >= 0.6 is 11.6 Å². The number of benzene rings is 3. The van der Waals surface area contributed by atoms with Crippen molar-refractivity contribution in [1.82, 2.24) is 0 Å². The standard InChI is InChI=1S/C38H40ClNO12/c1-7-47-40-22(2)28-10-15-32(16-11-28)51-31-13-8-27(9-14-31)18-29-19-30(12-17-33(29)39)38-36(50-26(6)44)34(48-24(4)42)35(49-25(5)43)37(52-38,21-46-38)20-45-23(3)41/h8-17,19,34-36H,7,18,20-21H2,1-6H3/t34-,35-,36+,37-,38-/m0/s1. The molecule has 3 aromatic carbocycles. The number of fused-ring (bicyclic) bond motifs is 2. The molecule has 2 heterocycles. The van der Waals surface area contributed by atoms with Crippen molar-refractivity contribution in [2.75, 3.05) is 19.8 Å². The van der Waals surface area contributed by atoms with Crippen LogP contribution in [0.1, 0.15) is 63.8 Å². The van der Waals surface area contributed by atoms with Crippen molar-refractivity contribution >= 4 is 41.2 Å². The largest absolute Gasteiger partial charge is 0.463 e. The second-order valence-electron chi connectivity index (χ2n) is 12.4. The van der Waals surface area contributed by atoms with Crippen LogP contribution in [0, 0.1) is 0 Å². The molecule has 3 aromatic rings. The van der Waals surface area contributed by atoms with E-state index in [2.05, 4.69) is 5.16 Å². The van der Waals surface area contributed by atoms with E-state index >= 15 is 0 Å². The number of rotatable bonds is 13. The zero-order valence-corrected chi connectivity index (χ0v) is 30.4. The highest BCUT2D eigenvalue weighted by Crippen LogP contribution is 2.53. The number of oxime groups is 1. The van der Waals surface area contributed by atoms with E-state index in [0.29, 0.717) is 40.7 Å². The van der Waals surface area contributed by atoms with Crippen molar-refractivity contribution in [3.63, 3.8) is 0 Å². The molecular formula is C38H40ClNO12. The van der Waals surface area contributed by atoms with Gasteiger partial charge < -0.3 is 38.0 Å². The summed E-state index contributed by atoms with van der Waals surface area (Å²) < 4.78 is 41.3. The summed E-state index contributed by atoms with van der Waals surface area (Å²) in [5.41, 5.74) is 1.96. The first-order chi connectivity index (χ1) is 24.7. The molecule has 0 spiro atoms. The highest BCUT2D eigenvalue weighted by molar-refractivity contribution is 6.31. The molecule has 0 unspecified atom stereocenters. The Bertz CT molecular complexity index is 1830. The SMILES string of the molecule is CCON=C(C)c1ccc(Oc2ccc(Cc3cc([C@]45OC[C@](COC(C)=O)(O4)[C@@H](OC(C)=O)[C@H](OC(C)=O)[C@H]5OC(C)=O)ccc3Cl)cc2)cc1. The van der Waals surface area contributed by atoms with E-state index < -0.39 is 60.2 Å². The molecule has 0 aromatic heterocycles. The smallest absolute Gasteiger partial charge is 0.303 e. The van der Waals surface area contributed by atoms with Crippen molar-refractivity contribution in [2.45, 2.75) is 77.7 Å². The van der Waals surface area contributed by atoms with Gasteiger partial charge in [0.05, 0.1) is 12.3 Å².